The molecular formula is C16H25Cl2IN2O. The zero-order chi connectivity index (χ0) is 13.8. The van der Waals surface area contributed by atoms with E-state index in [9.17, 15) is 0 Å². The van der Waals surface area contributed by atoms with Crippen molar-refractivity contribution >= 4 is 47.4 Å². The molecule has 2 heterocycles. The highest BCUT2D eigenvalue weighted by atomic mass is 127. The molecule has 1 aromatic carbocycles. The van der Waals surface area contributed by atoms with Crippen molar-refractivity contribution in [3.63, 3.8) is 0 Å². The van der Waals surface area contributed by atoms with Crippen molar-refractivity contribution in [3.8, 4) is 0 Å². The molecule has 3 nitrogen and oxygen atoms in total. The number of hydrogen-bond acceptors (Lipinski definition) is 3. The largest absolute Gasteiger partial charge is 0.381 e. The third-order valence-electron chi connectivity index (χ3n) is 4.48. The van der Waals surface area contributed by atoms with E-state index < -0.39 is 0 Å². The van der Waals surface area contributed by atoms with Gasteiger partial charge in [-0.25, -0.2) is 0 Å². The van der Waals surface area contributed by atoms with Crippen molar-refractivity contribution in [1.29, 1.82) is 0 Å². The molecule has 1 atom stereocenters. The van der Waals surface area contributed by atoms with E-state index in [1.807, 2.05) is 0 Å². The number of nitrogens with zero attached hydrogens (tertiary/aromatic N) is 1. The van der Waals surface area contributed by atoms with Gasteiger partial charge in [0.25, 0.3) is 0 Å². The number of piperazine rings is 1. The highest BCUT2D eigenvalue weighted by molar-refractivity contribution is 14.1. The van der Waals surface area contributed by atoms with Crippen molar-refractivity contribution in [2.75, 3.05) is 39.4 Å². The van der Waals surface area contributed by atoms with Crippen LogP contribution in [0.4, 0.5) is 0 Å². The van der Waals surface area contributed by atoms with Crippen molar-refractivity contribution in [2.45, 2.75) is 18.9 Å². The summed E-state index contributed by atoms with van der Waals surface area (Å²) in [5.41, 5.74) is 1.52. The van der Waals surface area contributed by atoms with Crippen molar-refractivity contribution in [2.24, 2.45) is 5.92 Å². The van der Waals surface area contributed by atoms with Gasteiger partial charge in [-0.2, -0.15) is 0 Å². The van der Waals surface area contributed by atoms with Gasteiger partial charge in [0.1, 0.15) is 0 Å². The Bertz CT molecular complexity index is 420. The van der Waals surface area contributed by atoms with Crippen LogP contribution in [0.5, 0.6) is 0 Å². The molecule has 0 saturated carbocycles. The summed E-state index contributed by atoms with van der Waals surface area (Å²) >= 11 is 2.49. The van der Waals surface area contributed by atoms with Gasteiger partial charge in [-0.3, -0.25) is 4.90 Å². The monoisotopic (exact) mass is 458 g/mol. The smallest absolute Gasteiger partial charge is 0.0469 e. The van der Waals surface area contributed by atoms with Crippen LogP contribution in [0.1, 0.15) is 24.4 Å². The Morgan fingerprint density at radius 3 is 2.36 bits per heavy atom. The third-order valence-corrected chi connectivity index (χ3v) is 5.46. The van der Waals surface area contributed by atoms with Crippen LogP contribution in [0.3, 0.4) is 0 Å². The normalized spacial score (nSPS) is 21.5. The van der Waals surface area contributed by atoms with Crippen LogP contribution in [0, 0.1) is 9.49 Å². The average Bonchev–Trinajstić information content (AvgIpc) is 2.52. The Morgan fingerprint density at radius 2 is 1.73 bits per heavy atom. The lowest BCUT2D eigenvalue weighted by Crippen LogP contribution is -2.47. The molecule has 0 spiro atoms. The molecule has 0 bridgehead atoms. The SMILES string of the molecule is Cl.Cl.Ic1ccccc1[C@@H](C1CCOCC1)N1CCNCC1. The second kappa shape index (κ2) is 10.3. The van der Waals surface area contributed by atoms with Crippen LogP contribution in [-0.2, 0) is 4.74 Å². The maximum absolute atomic E-state index is 5.57. The van der Waals surface area contributed by atoms with Gasteiger partial charge in [0.15, 0.2) is 0 Å². The van der Waals surface area contributed by atoms with E-state index in [0.29, 0.717) is 6.04 Å². The molecule has 6 heteroatoms. The molecule has 1 aromatic rings. The van der Waals surface area contributed by atoms with Crippen LogP contribution < -0.4 is 5.32 Å². The summed E-state index contributed by atoms with van der Waals surface area (Å²) in [5.74, 6) is 0.734. The fourth-order valence-electron chi connectivity index (χ4n) is 3.46. The van der Waals surface area contributed by atoms with Gasteiger partial charge in [0.05, 0.1) is 0 Å². The van der Waals surface area contributed by atoms with Gasteiger partial charge in [-0.05, 0) is 53.0 Å². The first-order valence-corrected chi connectivity index (χ1v) is 8.71. The van der Waals surface area contributed by atoms with E-state index in [4.69, 9.17) is 4.74 Å². The molecule has 22 heavy (non-hydrogen) atoms. The van der Waals surface area contributed by atoms with Crippen molar-refractivity contribution in [3.05, 3.63) is 33.4 Å². The Labute approximate surface area is 159 Å². The maximum atomic E-state index is 5.57. The summed E-state index contributed by atoms with van der Waals surface area (Å²) < 4.78 is 6.97. The highest BCUT2D eigenvalue weighted by Crippen LogP contribution is 2.37. The fraction of sp³-hybridized carbons (Fsp3) is 0.625. The first-order chi connectivity index (χ1) is 9.86. The topological polar surface area (TPSA) is 24.5 Å². The van der Waals surface area contributed by atoms with E-state index in [1.165, 1.54) is 22.0 Å². The number of benzene rings is 1. The lowest BCUT2D eigenvalue weighted by Gasteiger charge is -2.41. The number of ether oxygens (including phenoxy) is 1. The van der Waals surface area contributed by atoms with Crippen LogP contribution in [0.15, 0.2) is 24.3 Å². The van der Waals surface area contributed by atoms with Gasteiger partial charge in [-0.1, -0.05) is 18.2 Å². The third kappa shape index (κ3) is 4.95. The van der Waals surface area contributed by atoms with Crippen LogP contribution in [-0.4, -0.2) is 44.3 Å². The van der Waals surface area contributed by atoms with E-state index >= 15 is 0 Å². The van der Waals surface area contributed by atoms with Gasteiger partial charge >= 0.3 is 0 Å². The molecule has 126 valence electrons. The van der Waals surface area contributed by atoms with E-state index in [1.54, 1.807) is 0 Å². The zero-order valence-corrected chi connectivity index (χ0v) is 16.5. The average molecular weight is 459 g/mol. The molecule has 0 aliphatic carbocycles. The molecule has 2 fully saturated rings. The molecule has 0 radical (unpaired) electrons. The first-order valence-electron chi connectivity index (χ1n) is 7.63. The standard InChI is InChI=1S/C16H23IN2O.2ClH/c17-15-4-2-1-3-14(15)16(13-5-11-20-12-6-13)19-9-7-18-8-10-19;;/h1-4,13,16,18H,5-12H2;2*1H/t16-;;/m1../s1. The molecule has 2 aliphatic rings. The molecule has 0 aromatic heterocycles. The number of hydrogen-bond donors (Lipinski definition) is 1. The Balaban J connectivity index is 0.00000121. The van der Waals surface area contributed by atoms with Gasteiger partial charge in [0.2, 0.25) is 0 Å². The minimum Gasteiger partial charge on any atom is -0.381 e. The van der Waals surface area contributed by atoms with Crippen LogP contribution in [0.25, 0.3) is 0 Å². The first kappa shape index (κ1) is 20.5. The molecule has 3 rings (SSSR count). The molecular weight excluding hydrogens is 434 g/mol. The Hall–Kier alpha value is 0.410. The number of halogens is 3. The molecule has 2 saturated heterocycles. The summed E-state index contributed by atoms with van der Waals surface area (Å²) in [6.07, 6.45) is 2.39. The molecule has 0 unspecified atom stereocenters. The zero-order valence-electron chi connectivity index (χ0n) is 12.7. The second-order valence-corrected chi connectivity index (χ2v) is 6.86. The van der Waals surface area contributed by atoms with Gasteiger partial charge < -0.3 is 10.1 Å². The Kier molecular flexibility index (Phi) is 9.59. The Morgan fingerprint density at radius 1 is 1.09 bits per heavy atom. The quantitative estimate of drug-likeness (QED) is 0.701. The second-order valence-electron chi connectivity index (χ2n) is 5.70. The minimum atomic E-state index is 0. The van der Waals surface area contributed by atoms with Crippen LogP contribution >= 0.6 is 47.4 Å². The van der Waals surface area contributed by atoms with Crippen molar-refractivity contribution < 1.29 is 4.74 Å². The van der Waals surface area contributed by atoms with Gasteiger partial charge in [-0.15, -0.1) is 24.8 Å². The summed E-state index contributed by atoms with van der Waals surface area (Å²) in [7, 11) is 0. The van der Waals surface area contributed by atoms with E-state index in [0.717, 1.165) is 45.3 Å². The number of rotatable bonds is 3. The fourth-order valence-corrected chi connectivity index (χ4v) is 4.16. The molecule has 0 amide bonds. The molecule has 2 aliphatic heterocycles. The van der Waals surface area contributed by atoms with Crippen LogP contribution in [0.2, 0.25) is 0 Å². The maximum Gasteiger partial charge on any atom is 0.0469 e. The minimum absolute atomic E-state index is 0. The van der Waals surface area contributed by atoms with E-state index in [-0.39, 0.29) is 24.8 Å². The van der Waals surface area contributed by atoms with E-state index in [2.05, 4.69) is 57.1 Å². The van der Waals surface area contributed by atoms with Crippen molar-refractivity contribution in [1.82, 2.24) is 10.2 Å². The summed E-state index contributed by atoms with van der Waals surface area (Å²) in [6, 6.07) is 9.46. The molecule has 1 N–H and O–H groups in total. The lowest BCUT2D eigenvalue weighted by molar-refractivity contribution is 0.0211. The number of nitrogens with one attached hydrogen (secondary N) is 1. The summed E-state index contributed by atoms with van der Waals surface area (Å²) in [6.45, 7) is 6.40. The van der Waals surface area contributed by atoms with Gasteiger partial charge in [0, 0.05) is 49.0 Å². The lowest BCUT2D eigenvalue weighted by atomic mass is 9.85. The summed E-state index contributed by atoms with van der Waals surface area (Å²) in [4.78, 5) is 2.68. The summed E-state index contributed by atoms with van der Waals surface area (Å²) in [5, 5.41) is 3.47. The highest BCUT2D eigenvalue weighted by Gasteiger charge is 2.32. The predicted octanol–water partition coefficient (Wildman–Crippen LogP) is 3.51. The predicted molar refractivity (Wildman–Crippen MR) is 104 cm³/mol.